The van der Waals surface area contributed by atoms with Crippen molar-refractivity contribution in [1.82, 2.24) is 0 Å². The summed E-state index contributed by atoms with van der Waals surface area (Å²) in [5.74, 6) is 0. The minimum Gasteiger partial charge on any atom is -0.726 e. The van der Waals surface area contributed by atoms with Crippen LogP contribution in [0.15, 0.2) is 0 Å². The van der Waals surface area contributed by atoms with E-state index in [0.29, 0.717) is 0 Å². The van der Waals surface area contributed by atoms with Crippen molar-refractivity contribution in [3.63, 3.8) is 0 Å². The maximum atomic E-state index is 11.8. The minimum absolute atomic E-state index is 0. The summed E-state index contributed by atoms with van der Waals surface area (Å²) in [4.78, 5) is 0. The molecule has 0 aromatic carbocycles. The Morgan fingerprint density at radius 3 is 0.348 bits per heavy atom. The van der Waals surface area contributed by atoms with Crippen LogP contribution in [0.1, 0.15) is 0 Å². The molecule has 0 aliphatic carbocycles. The largest absolute Gasteiger partial charge is 1.00 e. The van der Waals surface area contributed by atoms with Crippen molar-refractivity contribution in [2.24, 2.45) is 0 Å². The Labute approximate surface area is 788 Å². The van der Waals surface area contributed by atoms with Gasteiger partial charge >= 0.3 is 207 Å². The van der Waals surface area contributed by atoms with Crippen molar-refractivity contribution in [3.05, 3.63) is 0 Å². The summed E-state index contributed by atoms with van der Waals surface area (Å²) >= 11 is 0. The molecule has 35 atom stereocenters. The molecule has 0 spiro atoms. The second-order valence-electron chi connectivity index (χ2n) is 23.2. The molecule has 0 aromatic heterocycles. The second kappa shape index (κ2) is 47.3. The number of aliphatic hydroxyl groups excluding tert-OH is 14. The van der Waals surface area contributed by atoms with E-state index in [1.54, 1.807) is 0 Å². The predicted molar refractivity (Wildman–Crippen MR) is 288 cm³/mol. The van der Waals surface area contributed by atoms with Gasteiger partial charge in [-0.2, -0.15) is 0 Å². The maximum Gasteiger partial charge on any atom is 1.00 e. The SMILES string of the molecule is O=S(=O)([O-])OC[C@H]1O[C@@H]2O[C@H]3[C@H](O)[C@@H](O)[C@@H](O[C@H]4[C@H](O)[C@@H](O)[C@@H](O[C@H]5[C@H](O)[C@@H](O)[C@H](O[C@@H]5COS(=O)(=O)[O-])O[C@H]5C(O)[C@@H](O)[C@@H](O[C@H]6[C@H](O)[C@@H](O)[C@@H](O[C@H]7[C@H](O)C(O)[C@@H](O[C@H]1[C@H](O)[C@H]2O)O[C@@H]7COS(=O)(=O)[O-])O[C@@H]6COS(=O)(=O)[O-])O[C@@H]5COS(=O)(=O)[O-])O[C@@H]4COS(=O)(=O)[O-])O[C@@H]3COS(=O)(=O)[O-].[Na+].[Na+].[Na+].[Na+].[Na+].[Na+].[Na+]. The van der Waals surface area contributed by atoms with Gasteiger partial charge in [0.05, 0.1) is 46.2 Å². The molecule has 2 unspecified atom stereocenters. The third-order valence-electron chi connectivity index (χ3n) is 16.2. The summed E-state index contributed by atoms with van der Waals surface area (Å²) in [7, 11) is -41.6. The monoisotopic (exact) mass is 1850 g/mol. The fourth-order valence-electron chi connectivity index (χ4n) is 11.4. The molecule has 616 valence electrons. The number of hydrogen-bond donors (Lipinski definition) is 14. The van der Waals surface area contributed by atoms with Crippen LogP contribution in [0, 0.1) is 0 Å². The average Bonchev–Trinajstić information content (AvgIpc) is 0.777. The molecule has 14 N–H and O–H groups in total. The Morgan fingerprint density at radius 1 is 0.179 bits per heavy atom. The van der Waals surface area contributed by atoms with E-state index in [1.807, 2.05) is 0 Å². The zero-order valence-corrected chi connectivity index (χ0v) is 78.1. The summed E-state index contributed by atoms with van der Waals surface area (Å²) < 4.78 is 355. The van der Waals surface area contributed by atoms with Gasteiger partial charge in [0, 0.05) is 0 Å². The molecule has 112 heavy (non-hydrogen) atoms. The molecule has 21 saturated heterocycles. The van der Waals surface area contributed by atoms with E-state index < -0.39 is 334 Å². The van der Waals surface area contributed by atoms with Crippen molar-refractivity contribution >= 4 is 72.8 Å². The Hall–Kier alpha value is 4.97. The fraction of sp³-hybridized carbons (Fsp3) is 1.00. The van der Waals surface area contributed by atoms with Gasteiger partial charge in [-0.25, -0.2) is 58.9 Å². The van der Waals surface area contributed by atoms with Gasteiger partial charge in [-0.3, -0.25) is 29.3 Å². The van der Waals surface area contributed by atoms with Crippen molar-refractivity contribution in [2.75, 3.05) is 46.2 Å². The molecule has 21 rings (SSSR count). The van der Waals surface area contributed by atoms with E-state index in [2.05, 4.69) is 29.3 Å². The van der Waals surface area contributed by atoms with Crippen LogP contribution < -0.4 is 207 Å². The van der Waals surface area contributed by atoms with Crippen LogP contribution in [0.3, 0.4) is 0 Å². The Balaban J connectivity index is 0.00000896. The number of rotatable bonds is 21. The van der Waals surface area contributed by atoms with Crippen molar-refractivity contribution < 1.29 is 465 Å². The standard InChI is InChI=1S/C42H70O56S7.7Na/c43-15-22(50)36-85-8(1-78-99(57,58)59)29(15)92-37-23(51)16(44)31(10(86-37)3-80-101(63,64)65)94-39-25(53)18(46)33(12(88-39)5-82-103(69,70)71)96-41-27(55)20(48)35(14(90-41)7-84-105(75,76)77)98-42-28(56)21(49)34(13(91-42)6-83-104(72,73)74)97-40-26(54)19(47)32(11(89-40)4-81-102(66,67)68)95-38-24(52)17(45)30(93-36)9(87-38)2-79-100(60,61)62;;;;;;;/h8-56H,1-7H2,(H,57,58,59)(H,60,61,62)(H,63,64,65)(H,66,67,68)(H,69,70,71)(H,72,73,74)(H,75,76,77);;;;;;;/q;7*+1/p-7/t8-,9-,10-,11-,12-,13-,14-,15-,16-,17-,18-,19-,20-,21?,22-,23-,24-,25?,26-,27-,28-,29-,30-,31-,32-,33-,34-,35-,36-,37-,38-,39-,40-,41-,42-;;;;;;;/m1......./s1. The van der Waals surface area contributed by atoms with Crippen molar-refractivity contribution in [2.45, 2.75) is 215 Å². The van der Waals surface area contributed by atoms with E-state index >= 15 is 0 Å². The molecule has 0 saturated carbocycles. The first kappa shape index (κ1) is 115. The van der Waals surface area contributed by atoms with Crippen LogP contribution in [0.25, 0.3) is 0 Å². The van der Waals surface area contributed by atoms with Gasteiger partial charge < -0.3 is 170 Å². The van der Waals surface area contributed by atoms with E-state index in [0.717, 1.165) is 0 Å². The smallest absolute Gasteiger partial charge is 0.726 e. The van der Waals surface area contributed by atoms with Crippen LogP contribution in [0.2, 0.25) is 0 Å². The maximum absolute atomic E-state index is 11.8. The van der Waals surface area contributed by atoms with Crippen LogP contribution in [0.4, 0.5) is 0 Å². The van der Waals surface area contributed by atoms with E-state index in [9.17, 15) is 162 Å². The van der Waals surface area contributed by atoms with Gasteiger partial charge in [-0.05, 0) is 0 Å². The molecule has 21 heterocycles. The zero-order chi connectivity index (χ0) is 78.5. The summed E-state index contributed by atoms with van der Waals surface area (Å²) in [5, 5.41) is 162. The Bertz CT molecular complexity index is 3080. The molecule has 0 amide bonds. The average molecular weight is 1850 g/mol. The summed E-state index contributed by atoms with van der Waals surface area (Å²) in [5.41, 5.74) is 0. The molecular formula is C42H63Na7O56S7. The van der Waals surface area contributed by atoms with E-state index in [-0.39, 0.29) is 207 Å². The fourth-order valence-corrected chi connectivity index (χ4v) is 13.5. The van der Waals surface area contributed by atoms with Gasteiger partial charge in [0.1, 0.15) is 171 Å². The summed E-state index contributed by atoms with van der Waals surface area (Å²) in [6, 6.07) is 0. The molecule has 0 aromatic rings. The number of hydrogen-bond acceptors (Lipinski definition) is 56. The molecule has 70 heteroatoms. The summed E-state index contributed by atoms with van der Waals surface area (Å²) in [6.07, 6.45) is -95.2. The molecule has 21 fully saturated rings. The molecule has 0 radical (unpaired) electrons. The number of aliphatic hydroxyl groups is 14. The first-order valence-electron chi connectivity index (χ1n) is 29.1. The van der Waals surface area contributed by atoms with Gasteiger partial charge in [0.25, 0.3) is 0 Å². The molecule has 14 bridgehead atoms. The normalized spacial score (nSPS) is 42.1. The summed E-state index contributed by atoms with van der Waals surface area (Å²) in [6.45, 7) is -12.2. The molecule has 21 aliphatic heterocycles. The second-order valence-corrected chi connectivity index (χ2v) is 30.6. The van der Waals surface area contributed by atoms with Crippen LogP contribution in [-0.2, 0) is 168 Å². The van der Waals surface area contributed by atoms with E-state index in [1.165, 1.54) is 0 Å². The van der Waals surface area contributed by atoms with Crippen molar-refractivity contribution in [1.29, 1.82) is 0 Å². The van der Waals surface area contributed by atoms with E-state index in [4.69, 9.17) is 66.3 Å². The Kier molecular flexibility index (Phi) is 48.6. The minimum atomic E-state index is -5.94. The first-order valence-corrected chi connectivity index (χ1v) is 38.4. The molecule has 21 aliphatic rings. The Morgan fingerprint density at radius 2 is 0.268 bits per heavy atom. The third kappa shape index (κ3) is 32.3. The van der Waals surface area contributed by atoms with Crippen LogP contribution in [-0.4, -0.2) is 423 Å². The third-order valence-corrected chi connectivity index (χ3v) is 19.1. The van der Waals surface area contributed by atoms with Crippen molar-refractivity contribution in [3.8, 4) is 0 Å². The predicted octanol–water partition coefficient (Wildman–Crippen LogP) is -39.8. The van der Waals surface area contributed by atoms with Crippen LogP contribution >= 0.6 is 0 Å². The van der Waals surface area contributed by atoms with Gasteiger partial charge in [-0.1, -0.05) is 0 Å². The molecular weight excluding hydrogens is 1790 g/mol. The number of ether oxygens (including phenoxy) is 14. The zero-order valence-electron chi connectivity index (χ0n) is 58.4. The quantitative estimate of drug-likeness (QED) is 0.0288. The molecule has 56 nitrogen and oxygen atoms in total. The van der Waals surface area contributed by atoms with Gasteiger partial charge in [-0.15, -0.1) is 0 Å². The topological polar surface area (TPSA) is 877 Å². The first-order chi connectivity index (χ1) is 48.2. The van der Waals surface area contributed by atoms with Gasteiger partial charge in [0.2, 0.25) is 72.8 Å². The van der Waals surface area contributed by atoms with Crippen LogP contribution in [0.5, 0.6) is 0 Å². The van der Waals surface area contributed by atoms with Gasteiger partial charge in [0.15, 0.2) is 44.0 Å².